The van der Waals surface area contributed by atoms with E-state index < -0.39 is 13.8 Å². The number of rotatable bonds is 2. The fourth-order valence-corrected chi connectivity index (χ4v) is 0.217. The van der Waals surface area contributed by atoms with Gasteiger partial charge in [-0.15, -0.1) is 0 Å². The summed E-state index contributed by atoms with van der Waals surface area (Å²) >= 11 is 0. The Morgan fingerprint density at radius 3 is 2.29 bits per heavy atom. The van der Waals surface area contributed by atoms with Crippen LogP contribution in [0.15, 0.2) is 0 Å². The lowest BCUT2D eigenvalue weighted by molar-refractivity contribution is 0.146. The molecule has 0 amide bonds. The molecule has 7 heavy (non-hydrogen) atoms. The number of hydrogen-bond acceptors (Lipinski definition) is 2. The van der Waals surface area contributed by atoms with E-state index in [0.29, 0.717) is 6.42 Å². The molecule has 2 nitrogen and oxygen atoms in total. The molecule has 2 unspecified atom stereocenters. The molecular weight excluding hydrogens is 111 g/mol. The maximum Gasteiger partial charge on any atom is 0.359 e. The minimum Gasteiger partial charge on any atom is -0.349 e. The van der Waals surface area contributed by atoms with Crippen LogP contribution in [0.1, 0.15) is 20.3 Å². The molecule has 0 rings (SSSR count). The fourth-order valence-electron chi connectivity index (χ4n) is 0.0722. The third-order valence-electron chi connectivity index (χ3n) is 0.908. The van der Waals surface area contributed by atoms with Crippen LogP contribution in [0.5, 0.6) is 0 Å². The van der Waals surface area contributed by atoms with Crippen LogP contribution in [0.3, 0.4) is 0 Å². The van der Waals surface area contributed by atoms with E-state index in [-0.39, 0.29) is 0 Å². The molecule has 0 aromatic carbocycles. The van der Waals surface area contributed by atoms with Gasteiger partial charge in [0.1, 0.15) is 0 Å². The molecule has 0 heterocycles. The molecule has 0 aromatic heterocycles. The molecule has 0 aliphatic carbocycles. The van der Waals surface area contributed by atoms with Crippen LogP contribution in [0.4, 0.5) is 0 Å². The van der Waals surface area contributed by atoms with E-state index in [2.05, 4.69) is 0 Å². The van der Waals surface area contributed by atoms with Crippen molar-refractivity contribution in [2.75, 3.05) is 0 Å². The van der Waals surface area contributed by atoms with Crippen molar-refractivity contribution in [3.63, 3.8) is 0 Å². The summed E-state index contributed by atoms with van der Waals surface area (Å²) < 4.78 is 9.96. The van der Waals surface area contributed by atoms with Crippen molar-refractivity contribution in [1.29, 1.82) is 0 Å². The Morgan fingerprint density at radius 1 is 1.86 bits per heavy atom. The topological polar surface area (TPSA) is 37.3 Å². The van der Waals surface area contributed by atoms with Gasteiger partial charge in [-0.3, -0.25) is 0 Å². The molecule has 0 aromatic rings. The lowest BCUT2D eigenvalue weighted by atomic mass is 10.3. The van der Waals surface area contributed by atoms with Gasteiger partial charge in [-0.2, -0.15) is 0 Å². The Kier molecular flexibility index (Phi) is 2.41. The molecule has 0 radical (unpaired) electrons. The van der Waals surface area contributed by atoms with Crippen LogP contribution < -0.4 is 0 Å². The van der Waals surface area contributed by atoms with E-state index in [1.807, 2.05) is 0 Å². The highest BCUT2D eigenvalue weighted by Crippen LogP contribution is 2.21. The van der Waals surface area contributed by atoms with Crippen molar-refractivity contribution < 1.29 is 9.67 Å². The molecule has 0 bridgehead atoms. The summed E-state index contributed by atoms with van der Waals surface area (Å²) in [5, 5.41) is 7.89. The van der Waals surface area contributed by atoms with Crippen molar-refractivity contribution >= 4 is 8.46 Å². The van der Waals surface area contributed by atoms with E-state index in [4.69, 9.17) is 5.11 Å². The molecule has 0 spiro atoms. The van der Waals surface area contributed by atoms with Gasteiger partial charge in [-0.05, 0) is 0 Å². The van der Waals surface area contributed by atoms with E-state index in [9.17, 15) is 4.57 Å². The second-order valence-corrected chi connectivity index (χ2v) is 3.01. The number of aliphatic hydroxyl groups is 1. The maximum atomic E-state index is 9.96. The van der Waals surface area contributed by atoms with Crippen molar-refractivity contribution in [2.45, 2.75) is 25.6 Å². The zero-order valence-electron chi connectivity index (χ0n) is 4.56. The molecular formula is C4H10O2P+. The highest BCUT2D eigenvalue weighted by Gasteiger charge is 2.25. The summed E-state index contributed by atoms with van der Waals surface area (Å²) in [6, 6.07) is 0. The zero-order chi connectivity index (χ0) is 5.91. The zero-order valence-corrected chi connectivity index (χ0v) is 5.56. The van der Waals surface area contributed by atoms with Crippen LogP contribution in [0.25, 0.3) is 0 Å². The van der Waals surface area contributed by atoms with Gasteiger partial charge in [-0.1, -0.05) is 11.5 Å². The Bertz CT molecular complexity index is 70.1. The average molecular weight is 121 g/mol. The van der Waals surface area contributed by atoms with Gasteiger partial charge in [0.25, 0.3) is 5.34 Å². The largest absolute Gasteiger partial charge is 0.359 e. The van der Waals surface area contributed by atoms with Crippen LogP contribution >= 0.6 is 8.46 Å². The highest BCUT2D eigenvalue weighted by molar-refractivity contribution is 7.25. The Hall–Kier alpha value is 0.0600. The summed E-state index contributed by atoms with van der Waals surface area (Å²) in [5.41, 5.74) is 0. The van der Waals surface area contributed by atoms with Gasteiger partial charge >= 0.3 is 8.46 Å². The lowest BCUT2D eigenvalue weighted by Crippen LogP contribution is -2.11. The quantitative estimate of drug-likeness (QED) is 0.556. The standard InChI is InChI=1S/C4H9O2P/c1-3-4(2,5)7-6/h5H,3H2,1-2H3/p+1. The molecule has 0 saturated heterocycles. The first-order chi connectivity index (χ1) is 3.12. The molecule has 3 heteroatoms. The molecule has 2 atom stereocenters. The second-order valence-electron chi connectivity index (χ2n) is 1.73. The monoisotopic (exact) mass is 121 g/mol. The summed E-state index contributed by atoms with van der Waals surface area (Å²) in [5.74, 6) is 0. The van der Waals surface area contributed by atoms with Crippen LogP contribution in [-0.2, 0) is 4.57 Å². The third-order valence-corrected chi connectivity index (χ3v) is 1.70. The van der Waals surface area contributed by atoms with E-state index in [0.717, 1.165) is 0 Å². The molecule has 42 valence electrons. The smallest absolute Gasteiger partial charge is 0.349 e. The van der Waals surface area contributed by atoms with E-state index in [1.165, 1.54) is 0 Å². The molecule has 1 N–H and O–H groups in total. The molecule has 0 aliphatic heterocycles. The SMILES string of the molecule is CCC(C)(O)[PH+]=O. The fraction of sp³-hybridized carbons (Fsp3) is 1.00. The van der Waals surface area contributed by atoms with E-state index in [1.54, 1.807) is 13.8 Å². The maximum absolute atomic E-state index is 9.96. The Morgan fingerprint density at radius 2 is 2.29 bits per heavy atom. The van der Waals surface area contributed by atoms with Gasteiger partial charge in [0, 0.05) is 13.3 Å². The van der Waals surface area contributed by atoms with Gasteiger partial charge < -0.3 is 5.11 Å². The van der Waals surface area contributed by atoms with Crippen molar-refractivity contribution in [3.05, 3.63) is 0 Å². The summed E-state index contributed by atoms with van der Waals surface area (Å²) in [4.78, 5) is 0. The first kappa shape index (κ1) is 7.06. The van der Waals surface area contributed by atoms with Crippen molar-refractivity contribution in [3.8, 4) is 0 Å². The van der Waals surface area contributed by atoms with Gasteiger partial charge in [-0.25, -0.2) is 0 Å². The van der Waals surface area contributed by atoms with Gasteiger partial charge in [0.05, 0.1) is 0 Å². The van der Waals surface area contributed by atoms with E-state index >= 15 is 0 Å². The molecule has 0 saturated carbocycles. The lowest BCUT2D eigenvalue weighted by Gasteiger charge is -1.99. The normalized spacial score (nSPS) is 19.3. The average Bonchev–Trinajstić information content (AvgIpc) is 1.68. The molecule has 0 fully saturated rings. The Balaban J connectivity index is 3.58. The van der Waals surface area contributed by atoms with Crippen LogP contribution in [0, 0.1) is 0 Å². The third kappa shape index (κ3) is 2.72. The first-order valence-electron chi connectivity index (χ1n) is 2.24. The van der Waals surface area contributed by atoms with Crippen molar-refractivity contribution in [1.82, 2.24) is 0 Å². The summed E-state index contributed by atoms with van der Waals surface area (Å²) in [6.07, 6.45) is 0.551. The predicted octanol–water partition coefficient (Wildman–Crippen LogP) is 1.13. The van der Waals surface area contributed by atoms with Gasteiger partial charge in [0.2, 0.25) is 0 Å². The summed E-state index contributed by atoms with van der Waals surface area (Å²) in [7, 11) is -0.610. The summed E-state index contributed by atoms with van der Waals surface area (Å²) in [6.45, 7) is 3.35. The van der Waals surface area contributed by atoms with Crippen molar-refractivity contribution in [2.24, 2.45) is 0 Å². The van der Waals surface area contributed by atoms with Gasteiger partial charge in [0.15, 0.2) is 0 Å². The first-order valence-corrected chi connectivity index (χ1v) is 3.15. The minimum absolute atomic E-state index is 0.551. The molecule has 0 aliphatic rings. The predicted molar refractivity (Wildman–Crippen MR) is 29.9 cm³/mol. The second kappa shape index (κ2) is 2.39. The minimum atomic E-state index is -0.944. The van der Waals surface area contributed by atoms with Crippen LogP contribution in [-0.4, -0.2) is 10.4 Å². The Labute approximate surface area is 44.7 Å². The highest BCUT2D eigenvalue weighted by atomic mass is 31.1. The van der Waals surface area contributed by atoms with Crippen LogP contribution in [0.2, 0.25) is 0 Å². The number of hydrogen-bond donors (Lipinski definition) is 1.